The second-order valence-electron chi connectivity index (χ2n) is 5.56. The summed E-state index contributed by atoms with van der Waals surface area (Å²) in [5.74, 6) is 0. The summed E-state index contributed by atoms with van der Waals surface area (Å²) < 4.78 is 0. The Morgan fingerprint density at radius 3 is 2.36 bits per heavy atom. The first-order valence-electron chi connectivity index (χ1n) is 5.59. The molecule has 0 heterocycles. The van der Waals surface area contributed by atoms with E-state index in [0.29, 0.717) is 10.8 Å². The number of hydrogen-bond acceptors (Lipinski definition) is 0. The largest absolute Gasteiger partial charge is 0.0839 e. The molecule has 2 rings (SSSR count). The molecule has 0 nitrogen and oxygen atoms in total. The van der Waals surface area contributed by atoms with Crippen LogP contribution in [0.4, 0.5) is 0 Å². The summed E-state index contributed by atoms with van der Waals surface area (Å²) in [6, 6.07) is 0. The molecule has 2 aliphatic carbocycles. The maximum Gasteiger partial charge on any atom is 0.0109 e. The summed E-state index contributed by atoms with van der Waals surface area (Å²) in [5.41, 5.74) is 2.19. The van der Waals surface area contributed by atoms with E-state index in [1.165, 1.54) is 24.8 Å². The van der Waals surface area contributed by atoms with Crippen LogP contribution in [0.3, 0.4) is 0 Å². The topological polar surface area (TPSA) is 0 Å². The van der Waals surface area contributed by atoms with Gasteiger partial charge in [-0.25, -0.2) is 0 Å². The van der Waals surface area contributed by atoms with Crippen molar-refractivity contribution in [2.45, 2.75) is 40.0 Å². The quantitative estimate of drug-likeness (QED) is 0.539. The molecule has 0 aromatic rings. The summed E-state index contributed by atoms with van der Waals surface area (Å²) >= 11 is 0. The van der Waals surface area contributed by atoms with Crippen LogP contribution in [-0.2, 0) is 0 Å². The van der Waals surface area contributed by atoms with Gasteiger partial charge in [0.1, 0.15) is 0 Å². The average Bonchev–Trinajstić information content (AvgIpc) is 2.44. The zero-order valence-electron chi connectivity index (χ0n) is 9.51. The van der Waals surface area contributed by atoms with Crippen LogP contribution in [-0.4, -0.2) is 0 Å². The van der Waals surface area contributed by atoms with Crippen molar-refractivity contribution in [3.05, 3.63) is 36.0 Å². The minimum absolute atomic E-state index is 0.292. The lowest BCUT2D eigenvalue weighted by Gasteiger charge is -2.29. The lowest BCUT2D eigenvalue weighted by Crippen LogP contribution is -2.18. The Hall–Kier alpha value is -0.780. The van der Waals surface area contributed by atoms with Gasteiger partial charge < -0.3 is 0 Å². The van der Waals surface area contributed by atoms with Gasteiger partial charge >= 0.3 is 0 Å². The van der Waals surface area contributed by atoms with Crippen LogP contribution in [0.15, 0.2) is 36.0 Å². The van der Waals surface area contributed by atoms with Gasteiger partial charge in [-0.1, -0.05) is 51.2 Å². The monoisotopic (exact) mass is 188 g/mol. The van der Waals surface area contributed by atoms with Gasteiger partial charge in [-0.05, 0) is 30.3 Å². The Bertz CT molecular complexity index is 315. The lowest BCUT2D eigenvalue weighted by molar-refractivity contribution is 0.354. The molecule has 0 spiro atoms. The normalized spacial score (nSPS) is 34.6. The molecule has 0 bridgehead atoms. The molecule has 1 unspecified atom stereocenters. The molecule has 0 aromatic heterocycles. The zero-order chi connectivity index (χ0) is 10.2. The maximum absolute atomic E-state index is 2.41. The molecule has 0 N–H and O–H groups in total. The van der Waals surface area contributed by atoms with E-state index in [1.54, 1.807) is 0 Å². The SMILES string of the molecule is CC1(C)C=CC(C)(C2=CCCC=C2)C1. The van der Waals surface area contributed by atoms with Crippen molar-refractivity contribution in [2.24, 2.45) is 10.8 Å². The summed E-state index contributed by atoms with van der Waals surface area (Å²) in [6.45, 7) is 7.00. The van der Waals surface area contributed by atoms with Gasteiger partial charge in [0, 0.05) is 5.41 Å². The van der Waals surface area contributed by atoms with Crippen LogP contribution < -0.4 is 0 Å². The molecule has 0 saturated heterocycles. The van der Waals surface area contributed by atoms with E-state index in [-0.39, 0.29) is 0 Å². The summed E-state index contributed by atoms with van der Waals surface area (Å²) in [7, 11) is 0. The molecule has 0 aromatic carbocycles. The maximum atomic E-state index is 2.41. The van der Waals surface area contributed by atoms with E-state index in [1.807, 2.05) is 0 Å². The second kappa shape index (κ2) is 3.12. The van der Waals surface area contributed by atoms with E-state index in [9.17, 15) is 0 Å². The standard InChI is InChI=1S/C14H20/c1-13(2)9-10-14(3,11-13)12-7-5-4-6-8-12/h5,7-10H,4,6,11H2,1-3H3. The van der Waals surface area contributed by atoms with Gasteiger partial charge in [-0.3, -0.25) is 0 Å². The molecular weight excluding hydrogens is 168 g/mol. The second-order valence-corrected chi connectivity index (χ2v) is 5.56. The van der Waals surface area contributed by atoms with E-state index in [0.717, 1.165) is 0 Å². The average molecular weight is 188 g/mol. The highest BCUT2D eigenvalue weighted by Gasteiger charge is 2.36. The molecule has 0 amide bonds. The van der Waals surface area contributed by atoms with Gasteiger partial charge in [-0.15, -0.1) is 0 Å². The van der Waals surface area contributed by atoms with Gasteiger partial charge in [0.05, 0.1) is 0 Å². The number of rotatable bonds is 1. The zero-order valence-corrected chi connectivity index (χ0v) is 9.51. The van der Waals surface area contributed by atoms with Gasteiger partial charge in [-0.2, -0.15) is 0 Å². The van der Waals surface area contributed by atoms with Crippen molar-refractivity contribution in [1.82, 2.24) is 0 Å². The predicted octanol–water partition coefficient (Wildman–Crippen LogP) is 4.26. The van der Waals surface area contributed by atoms with Crippen molar-refractivity contribution in [2.75, 3.05) is 0 Å². The Kier molecular flexibility index (Phi) is 2.17. The first kappa shape index (κ1) is 9.76. The molecule has 0 aliphatic heterocycles. The number of allylic oxidation sites excluding steroid dienone is 6. The molecule has 0 radical (unpaired) electrons. The van der Waals surface area contributed by atoms with Gasteiger partial charge in [0.2, 0.25) is 0 Å². The summed E-state index contributed by atoms with van der Waals surface area (Å²) in [5, 5.41) is 0. The number of hydrogen-bond donors (Lipinski definition) is 0. The van der Waals surface area contributed by atoms with E-state index >= 15 is 0 Å². The van der Waals surface area contributed by atoms with Crippen molar-refractivity contribution >= 4 is 0 Å². The molecule has 2 aliphatic rings. The van der Waals surface area contributed by atoms with Crippen molar-refractivity contribution in [3.63, 3.8) is 0 Å². The highest BCUT2D eigenvalue weighted by Crippen LogP contribution is 2.48. The molecule has 14 heavy (non-hydrogen) atoms. The lowest BCUT2D eigenvalue weighted by atomic mass is 9.75. The van der Waals surface area contributed by atoms with Crippen molar-refractivity contribution in [1.29, 1.82) is 0 Å². The van der Waals surface area contributed by atoms with Crippen LogP contribution >= 0.6 is 0 Å². The Morgan fingerprint density at radius 2 is 1.86 bits per heavy atom. The molecule has 1 atom stereocenters. The predicted molar refractivity (Wildman–Crippen MR) is 62.1 cm³/mol. The minimum atomic E-state index is 0.292. The Labute approximate surface area is 87.4 Å². The fraction of sp³-hybridized carbons (Fsp3) is 0.571. The highest BCUT2D eigenvalue weighted by atomic mass is 14.4. The van der Waals surface area contributed by atoms with Crippen molar-refractivity contribution < 1.29 is 0 Å². The first-order valence-corrected chi connectivity index (χ1v) is 5.59. The smallest absolute Gasteiger partial charge is 0.0109 e. The highest BCUT2D eigenvalue weighted by molar-refractivity contribution is 5.36. The van der Waals surface area contributed by atoms with Crippen LogP contribution in [0.25, 0.3) is 0 Å². The third-order valence-electron chi connectivity index (χ3n) is 3.38. The summed E-state index contributed by atoms with van der Waals surface area (Å²) in [6.07, 6.45) is 15.5. The van der Waals surface area contributed by atoms with E-state index in [4.69, 9.17) is 0 Å². The third kappa shape index (κ3) is 1.70. The molecule has 0 heteroatoms. The van der Waals surface area contributed by atoms with E-state index in [2.05, 4.69) is 51.2 Å². The molecule has 0 fully saturated rings. The van der Waals surface area contributed by atoms with Crippen LogP contribution in [0, 0.1) is 10.8 Å². The fourth-order valence-corrected chi connectivity index (χ4v) is 2.71. The van der Waals surface area contributed by atoms with Crippen LogP contribution in [0.1, 0.15) is 40.0 Å². The van der Waals surface area contributed by atoms with Crippen LogP contribution in [0.5, 0.6) is 0 Å². The molecule has 0 saturated carbocycles. The van der Waals surface area contributed by atoms with Crippen molar-refractivity contribution in [3.8, 4) is 0 Å². The first-order chi connectivity index (χ1) is 6.52. The van der Waals surface area contributed by atoms with Crippen LogP contribution in [0.2, 0.25) is 0 Å². The molecule has 76 valence electrons. The molecular formula is C14H20. The Morgan fingerprint density at radius 1 is 1.07 bits per heavy atom. The van der Waals surface area contributed by atoms with Gasteiger partial charge in [0.25, 0.3) is 0 Å². The van der Waals surface area contributed by atoms with E-state index < -0.39 is 0 Å². The minimum Gasteiger partial charge on any atom is -0.0839 e. The third-order valence-corrected chi connectivity index (χ3v) is 3.38. The summed E-state index contributed by atoms with van der Waals surface area (Å²) in [4.78, 5) is 0. The Balaban J connectivity index is 2.23. The van der Waals surface area contributed by atoms with Gasteiger partial charge in [0.15, 0.2) is 0 Å². The fourth-order valence-electron chi connectivity index (χ4n) is 2.71.